The molecule has 4 nitrogen and oxygen atoms in total. The molecular formula is C18H16BrClN2O2. The number of carbonyl (C=O) groups excluding carboxylic acids is 2. The van der Waals surface area contributed by atoms with E-state index in [0.29, 0.717) is 17.3 Å². The van der Waals surface area contributed by atoms with Crippen LogP contribution >= 0.6 is 27.5 Å². The van der Waals surface area contributed by atoms with Gasteiger partial charge in [0.05, 0.1) is 5.92 Å². The van der Waals surface area contributed by atoms with Crippen LogP contribution in [0.3, 0.4) is 0 Å². The molecule has 0 aromatic heterocycles. The number of halogens is 2. The fourth-order valence-corrected chi connectivity index (χ4v) is 3.27. The number of anilines is 2. The van der Waals surface area contributed by atoms with E-state index in [9.17, 15) is 9.59 Å². The number of hydrogen-bond acceptors (Lipinski definition) is 2. The maximum atomic E-state index is 12.4. The molecule has 0 saturated carbocycles. The van der Waals surface area contributed by atoms with E-state index in [1.54, 1.807) is 11.0 Å². The number of nitrogens with one attached hydrogen (secondary N) is 1. The third-order valence-corrected chi connectivity index (χ3v) is 4.96. The average molecular weight is 408 g/mol. The van der Waals surface area contributed by atoms with Crippen molar-refractivity contribution in [2.75, 3.05) is 16.8 Å². The minimum absolute atomic E-state index is 0.0655. The molecule has 1 fully saturated rings. The van der Waals surface area contributed by atoms with Crippen molar-refractivity contribution in [2.24, 2.45) is 5.92 Å². The number of nitrogens with zero attached hydrogens (tertiary/aromatic N) is 1. The van der Waals surface area contributed by atoms with Crippen molar-refractivity contribution < 1.29 is 9.59 Å². The van der Waals surface area contributed by atoms with Crippen molar-refractivity contribution in [3.05, 3.63) is 57.5 Å². The van der Waals surface area contributed by atoms with Crippen LogP contribution in [0, 0.1) is 12.8 Å². The van der Waals surface area contributed by atoms with E-state index < -0.39 is 0 Å². The Morgan fingerprint density at radius 1 is 1.29 bits per heavy atom. The molecule has 0 bridgehead atoms. The Bertz CT molecular complexity index is 809. The largest absolute Gasteiger partial charge is 0.326 e. The number of carbonyl (C=O) groups is 2. The average Bonchev–Trinajstić information content (AvgIpc) is 2.92. The predicted octanol–water partition coefficient (Wildman–Crippen LogP) is 4.40. The van der Waals surface area contributed by atoms with Crippen molar-refractivity contribution in [3.63, 3.8) is 0 Å². The van der Waals surface area contributed by atoms with Gasteiger partial charge in [-0.2, -0.15) is 0 Å². The molecule has 0 aliphatic carbocycles. The first-order chi connectivity index (χ1) is 11.4. The highest BCUT2D eigenvalue weighted by Crippen LogP contribution is 2.29. The van der Waals surface area contributed by atoms with Crippen molar-refractivity contribution in [3.8, 4) is 0 Å². The van der Waals surface area contributed by atoms with Gasteiger partial charge in [0.25, 0.3) is 0 Å². The molecule has 6 heteroatoms. The van der Waals surface area contributed by atoms with Gasteiger partial charge in [-0.05, 0) is 42.8 Å². The summed E-state index contributed by atoms with van der Waals surface area (Å²) in [7, 11) is 0. The van der Waals surface area contributed by atoms with Crippen molar-refractivity contribution >= 4 is 50.7 Å². The lowest BCUT2D eigenvalue weighted by molar-refractivity contribution is -0.122. The van der Waals surface area contributed by atoms with Gasteiger partial charge in [-0.15, -0.1) is 0 Å². The lowest BCUT2D eigenvalue weighted by atomic mass is 10.1. The zero-order valence-corrected chi connectivity index (χ0v) is 15.4. The molecule has 1 saturated heterocycles. The summed E-state index contributed by atoms with van der Waals surface area (Å²) in [6, 6.07) is 12.9. The first kappa shape index (κ1) is 17.0. The van der Waals surface area contributed by atoms with Crippen molar-refractivity contribution in [2.45, 2.75) is 13.3 Å². The zero-order chi connectivity index (χ0) is 17.3. The van der Waals surface area contributed by atoms with Crippen LogP contribution in [-0.2, 0) is 9.59 Å². The highest BCUT2D eigenvalue weighted by Gasteiger charge is 2.35. The van der Waals surface area contributed by atoms with Crippen LogP contribution in [0.4, 0.5) is 11.4 Å². The molecule has 2 aromatic carbocycles. The van der Waals surface area contributed by atoms with Crippen LogP contribution in [0.5, 0.6) is 0 Å². The highest BCUT2D eigenvalue weighted by atomic mass is 79.9. The summed E-state index contributed by atoms with van der Waals surface area (Å²) in [5.74, 6) is -0.594. The van der Waals surface area contributed by atoms with Crippen LogP contribution < -0.4 is 10.2 Å². The van der Waals surface area contributed by atoms with Crippen LogP contribution in [0.25, 0.3) is 0 Å². The van der Waals surface area contributed by atoms with Crippen LogP contribution in [0.1, 0.15) is 12.0 Å². The summed E-state index contributed by atoms with van der Waals surface area (Å²) >= 11 is 9.51. The standard InChI is InChI=1S/C18H16BrClN2O2/c1-11-5-6-15(9-16(11)20)22-10-12(7-17(22)23)18(24)21-14-4-2-3-13(19)8-14/h2-6,8-9,12H,7,10H2,1H3,(H,21,24). The van der Waals surface area contributed by atoms with Crippen LogP contribution in [0.2, 0.25) is 5.02 Å². The molecule has 1 N–H and O–H groups in total. The van der Waals surface area contributed by atoms with Gasteiger partial charge < -0.3 is 10.2 Å². The zero-order valence-electron chi connectivity index (χ0n) is 13.1. The third kappa shape index (κ3) is 3.62. The normalized spacial score (nSPS) is 17.2. The minimum atomic E-state index is -0.378. The summed E-state index contributed by atoms with van der Waals surface area (Å²) < 4.78 is 0.888. The number of aryl methyl sites for hydroxylation is 1. The molecule has 1 aliphatic rings. The molecule has 2 amide bonds. The van der Waals surface area contributed by atoms with E-state index in [4.69, 9.17) is 11.6 Å². The van der Waals surface area contributed by atoms with Crippen LogP contribution in [-0.4, -0.2) is 18.4 Å². The second-order valence-electron chi connectivity index (χ2n) is 5.84. The molecule has 1 heterocycles. The van der Waals surface area contributed by atoms with Gasteiger partial charge in [-0.3, -0.25) is 9.59 Å². The molecule has 0 radical (unpaired) electrons. The Balaban J connectivity index is 1.72. The molecule has 2 aromatic rings. The summed E-state index contributed by atoms with van der Waals surface area (Å²) in [5.41, 5.74) is 2.39. The topological polar surface area (TPSA) is 49.4 Å². The monoisotopic (exact) mass is 406 g/mol. The van der Waals surface area contributed by atoms with Crippen molar-refractivity contribution in [1.82, 2.24) is 0 Å². The number of rotatable bonds is 3. The summed E-state index contributed by atoms with van der Waals surface area (Å²) in [5, 5.41) is 3.48. The lowest BCUT2D eigenvalue weighted by Gasteiger charge is -2.17. The van der Waals surface area contributed by atoms with E-state index in [1.807, 2.05) is 43.3 Å². The van der Waals surface area contributed by atoms with E-state index in [0.717, 1.165) is 15.7 Å². The summed E-state index contributed by atoms with van der Waals surface area (Å²) in [4.78, 5) is 26.3. The summed E-state index contributed by atoms with van der Waals surface area (Å²) in [6.07, 6.45) is 0.200. The van der Waals surface area contributed by atoms with Gasteiger partial charge in [-0.25, -0.2) is 0 Å². The first-order valence-electron chi connectivity index (χ1n) is 7.57. The highest BCUT2D eigenvalue weighted by molar-refractivity contribution is 9.10. The van der Waals surface area contributed by atoms with Crippen molar-refractivity contribution in [1.29, 1.82) is 0 Å². The van der Waals surface area contributed by atoms with Gasteiger partial charge >= 0.3 is 0 Å². The maximum absolute atomic E-state index is 12.4. The van der Waals surface area contributed by atoms with E-state index in [-0.39, 0.29) is 24.2 Å². The summed E-state index contributed by atoms with van der Waals surface area (Å²) in [6.45, 7) is 2.27. The second-order valence-corrected chi connectivity index (χ2v) is 7.16. The predicted molar refractivity (Wildman–Crippen MR) is 99.4 cm³/mol. The van der Waals surface area contributed by atoms with Gasteiger partial charge in [0.15, 0.2) is 0 Å². The fraction of sp³-hybridized carbons (Fsp3) is 0.222. The number of benzene rings is 2. The Labute approximate surface area is 153 Å². The second kappa shape index (κ2) is 6.95. The van der Waals surface area contributed by atoms with Gasteiger partial charge in [0, 0.05) is 33.8 Å². The fourth-order valence-electron chi connectivity index (χ4n) is 2.69. The molecule has 3 rings (SSSR count). The third-order valence-electron chi connectivity index (χ3n) is 4.06. The Morgan fingerprint density at radius 2 is 2.08 bits per heavy atom. The molecule has 1 aliphatic heterocycles. The van der Waals surface area contributed by atoms with Gasteiger partial charge in [-0.1, -0.05) is 39.7 Å². The molecular weight excluding hydrogens is 392 g/mol. The minimum Gasteiger partial charge on any atom is -0.326 e. The SMILES string of the molecule is Cc1ccc(N2CC(C(=O)Nc3cccc(Br)c3)CC2=O)cc1Cl. The lowest BCUT2D eigenvalue weighted by Crippen LogP contribution is -2.28. The van der Waals surface area contributed by atoms with Crippen LogP contribution in [0.15, 0.2) is 46.9 Å². The van der Waals surface area contributed by atoms with E-state index in [2.05, 4.69) is 21.2 Å². The van der Waals surface area contributed by atoms with E-state index in [1.165, 1.54) is 0 Å². The molecule has 0 spiro atoms. The molecule has 24 heavy (non-hydrogen) atoms. The molecule has 1 unspecified atom stereocenters. The smallest absolute Gasteiger partial charge is 0.229 e. The molecule has 124 valence electrons. The maximum Gasteiger partial charge on any atom is 0.229 e. The Morgan fingerprint density at radius 3 is 2.79 bits per heavy atom. The Hall–Kier alpha value is -1.85. The quantitative estimate of drug-likeness (QED) is 0.819. The van der Waals surface area contributed by atoms with E-state index >= 15 is 0 Å². The van der Waals surface area contributed by atoms with Gasteiger partial charge in [0.2, 0.25) is 11.8 Å². The first-order valence-corrected chi connectivity index (χ1v) is 8.74. The Kier molecular flexibility index (Phi) is 4.92. The number of amides is 2. The molecule has 1 atom stereocenters. The van der Waals surface area contributed by atoms with Gasteiger partial charge in [0.1, 0.15) is 0 Å². The number of hydrogen-bond donors (Lipinski definition) is 1.